The molecule has 1 aromatic carbocycles. The highest BCUT2D eigenvalue weighted by molar-refractivity contribution is 7.09. The van der Waals surface area contributed by atoms with Gasteiger partial charge in [-0.3, -0.25) is 0 Å². The Morgan fingerprint density at radius 3 is 2.84 bits per heavy atom. The molecule has 0 aliphatic rings. The average Bonchev–Trinajstić information content (AvgIpc) is 2.71. The Hall–Kier alpha value is -1.46. The normalized spacial score (nSPS) is 12.4. The largest absolute Gasteiger partial charge is 0.487 e. The smallest absolute Gasteiger partial charge is 0.131 e. The molecular weight excluding hydrogens is 263 g/mol. The van der Waals surface area contributed by atoms with Gasteiger partial charge in [0.2, 0.25) is 0 Å². The number of hydrogen-bond acceptors (Lipinski definition) is 4. The zero-order chi connectivity index (χ0) is 13.8. The van der Waals surface area contributed by atoms with Gasteiger partial charge < -0.3 is 10.5 Å². The van der Waals surface area contributed by atoms with Crippen LogP contribution in [0.3, 0.4) is 0 Å². The monoisotopic (exact) mass is 280 g/mol. The number of halogens is 1. The third-order valence-corrected chi connectivity index (χ3v) is 3.36. The van der Waals surface area contributed by atoms with Crippen LogP contribution < -0.4 is 10.5 Å². The van der Waals surface area contributed by atoms with Gasteiger partial charge in [0.15, 0.2) is 0 Å². The molecule has 1 aromatic heterocycles. The van der Waals surface area contributed by atoms with Crippen molar-refractivity contribution in [2.24, 2.45) is 5.73 Å². The van der Waals surface area contributed by atoms with Crippen LogP contribution in [0.1, 0.15) is 23.2 Å². The summed E-state index contributed by atoms with van der Waals surface area (Å²) in [5.74, 6) is 0.212. The fourth-order valence-electron chi connectivity index (χ4n) is 1.83. The molecule has 2 aromatic rings. The summed E-state index contributed by atoms with van der Waals surface area (Å²) in [6, 6.07) is 4.69. The van der Waals surface area contributed by atoms with Gasteiger partial charge >= 0.3 is 0 Å². The van der Waals surface area contributed by atoms with Gasteiger partial charge in [-0.2, -0.15) is 0 Å². The van der Waals surface area contributed by atoms with Gasteiger partial charge in [0.05, 0.1) is 10.7 Å². The molecular formula is C14H17FN2OS. The third kappa shape index (κ3) is 4.29. The Balaban J connectivity index is 2.05. The van der Waals surface area contributed by atoms with E-state index in [1.165, 1.54) is 12.1 Å². The van der Waals surface area contributed by atoms with Gasteiger partial charge in [0.25, 0.3) is 0 Å². The minimum atomic E-state index is -0.303. The van der Waals surface area contributed by atoms with Crippen molar-refractivity contribution >= 4 is 11.3 Å². The number of thiazole rings is 1. The minimum absolute atomic E-state index is 0.00385. The van der Waals surface area contributed by atoms with Crippen LogP contribution >= 0.6 is 11.3 Å². The van der Waals surface area contributed by atoms with E-state index < -0.39 is 0 Å². The number of benzene rings is 1. The zero-order valence-electron chi connectivity index (χ0n) is 11.0. The second kappa shape index (κ2) is 6.12. The fourth-order valence-corrected chi connectivity index (χ4v) is 2.42. The van der Waals surface area contributed by atoms with E-state index in [9.17, 15) is 4.39 Å². The van der Waals surface area contributed by atoms with Gasteiger partial charge in [-0.15, -0.1) is 11.3 Å². The Kier molecular flexibility index (Phi) is 4.50. The molecule has 19 heavy (non-hydrogen) atoms. The fraction of sp³-hybridized carbons (Fsp3) is 0.357. The van der Waals surface area contributed by atoms with Crippen LogP contribution in [-0.2, 0) is 13.0 Å². The van der Waals surface area contributed by atoms with E-state index in [0.29, 0.717) is 18.8 Å². The highest BCUT2D eigenvalue weighted by atomic mass is 32.1. The second-order valence-corrected chi connectivity index (χ2v) is 5.69. The minimum Gasteiger partial charge on any atom is -0.487 e. The molecule has 2 N–H and O–H groups in total. The number of ether oxygens (including phenoxy) is 1. The summed E-state index contributed by atoms with van der Waals surface area (Å²) in [6.45, 7) is 4.19. The lowest BCUT2D eigenvalue weighted by Crippen LogP contribution is -2.17. The first-order chi connectivity index (χ1) is 9.02. The lowest BCUT2D eigenvalue weighted by molar-refractivity contribution is 0.300. The molecule has 1 heterocycles. The maximum absolute atomic E-state index is 13.5. The highest BCUT2D eigenvalue weighted by Crippen LogP contribution is 2.19. The lowest BCUT2D eigenvalue weighted by atomic mass is 10.1. The van der Waals surface area contributed by atoms with Gasteiger partial charge in [-0.1, -0.05) is 0 Å². The Labute approximate surface area is 116 Å². The molecule has 0 aliphatic heterocycles. The summed E-state index contributed by atoms with van der Waals surface area (Å²) in [7, 11) is 0. The molecule has 0 fully saturated rings. The summed E-state index contributed by atoms with van der Waals surface area (Å²) >= 11 is 1.57. The van der Waals surface area contributed by atoms with Crippen molar-refractivity contribution in [3.63, 3.8) is 0 Å². The molecule has 5 heteroatoms. The first kappa shape index (κ1) is 14.0. The summed E-state index contributed by atoms with van der Waals surface area (Å²) in [6.07, 6.45) is 0.629. The Morgan fingerprint density at radius 2 is 2.21 bits per heavy atom. The topological polar surface area (TPSA) is 48.1 Å². The molecule has 0 radical (unpaired) electrons. The molecule has 0 amide bonds. The van der Waals surface area contributed by atoms with Crippen molar-refractivity contribution in [3.05, 3.63) is 45.7 Å². The molecule has 1 unspecified atom stereocenters. The number of nitrogens with two attached hydrogens (primary N) is 1. The van der Waals surface area contributed by atoms with E-state index in [1.807, 2.05) is 25.3 Å². The van der Waals surface area contributed by atoms with Crippen molar-refractivity contribution in [1.82, 2.24) is 4.98 Å². The third-order valence-electron chi connectivity index (χ3n) is 2.54. The van der Waals surface area contributed by atoms with E-state index in [2.05, 4.69) is 4.98 Å². The lowest BCUT2D eigenvalue weighted by Gasteiger charge is -2.09. The molecule has 0 saturated heterocycles. The van der Waals surface area contributed by atoms with Crippen LogP contribution in [0.25, 0.3) is 0 Å². The van der Waals surface area contributed by atoms with Crippen LogP contribution in [0, 0.1) is 12.7 Å². The molecule has 0 aliphatic carbocycles. The zero-order valence-corrected chi connectivity index (χ0v) is 11.8. The first-order valence-electron chi connectivity index (χ1n) is 6.12. The molecule has 2 rings (SSSR count). The van der Waals surface area contributed by atoms with Crippen LogP contribution in [0.2, 0.25) is 0 Å². The van der Waals surface area contributed by atoms with Crippen molar-refractivity contribution in [1.29, 1.82) is 0 Å². The molecule has 0 spiro atoms. The second-order valence-electron chi connectivity index (χ2n) is 4.62. The van der Waals surface area contributed by atoms with E-state index in [1.54, 1.807) is 11.3 Å². The molecule has 0 saturated carbocycles. The van der Waals surface area contributed by atoms with E-state index >= 15 is 0 Å². The summed E-state index contributed by atoms with van der Waals surface area (Å²) in [5, 5.41) is 2.94. The summed E-state index contributed by atoms with van der Waals surface area (Å²) < 4.78 is 19.0. The molecule has 1 atom stereocenters. The maximum Gasteiger partial charge on any atom is 0.131 e. The van der Waals surface area contributed by atoms with Gasteiger partial charge in [0.1, 0.15) is 18.2 Å². The average molecular weight is 280 g/mol. The standard InChI is InChI=1S/C14H17FN2OS/c1-9(16)3-11-4-12(15)6-14(5-11)18-7-13-8-19-10(2)17-13/h4-6,8-9H,3,7,16H2,1-2H3. The Bertz CT molecular complexity index is 554. The maximum atomic E-state index is 13.5. The number of hydrogen-bond donors (Lipinski definition) is 1. The van der Waals surface area contributed by atoms with Crippen molar-refractivity contribution < 1.29 is 9.13 Å². The predicted octanol–water partition coefficient (Wildman–Crippen LogP) is 3.06. The summed E-state index contributed by atoms with van der Waals surface area (Å²) in [4.78, 5) is 4.30. The predicted molar refractivity (Wildman–Crippen MR) is 74.9 cm³/mol. The Morgan fingerprint density at radius 1 is 1.42 bits per heavy atom. The molecule has 102 valence electrons. The van der Waals surface area contributed by atoms with Gasteiger partial charge in [0, 0.05) is 17.5 Å². The van der Waals surface area contributed by atoms with Gasteiger partial charge in [-0.05, 0) is 38.0 Å². The first-order valence-corrected chi connectivity index (χ1v) is 7.00. The van der Waals surface area contributed by atoms with Crippen molar-refractivity contribution in [2.45, 2.75) is 32.9 Å². The molecule has 3 nitrogen and oxygen atoms in total. The van der Waals surface area contributed by atoms with Crippen LogP contribution in [0.15, 0.2) is 23.6 Å². The number of rotatable bonds is 5. The SMILES string of the molecule is Cc1nc(COc2cc(F)cc(CC(C)N)c2)cs1. The van der Waals surface area contributed by atoms with E-state index in [-0.39, 0.29) is 11.9 Å². The van der Waals surface area contributed by atoms with E-state index in [0.717, 1.165) is 16.3 Å². The highest BCUT2D eigenvalue weighted by Gasteiger charge is 2.05. The van der Waals surface area contributed by atoms with E-state index in [4.69, 9.17) is 10.5 Å². The van der Waals surface area contributed by atoms with Crippen molar-refractivity contribution in [2.75, 3.05) is 0 Å². The number of aryl methyl sites for hydroxylation is 1. The quantitative estimate of drug-likeness (QED) is 0.915. The van der Waals surface area contributed by atoms with Crippen molar-refractivity contribution in [3.8, 4) is 5.75 Å². The van der Waals surface area contributed by atoms with Crippen LogP contribution in [0.4, 0.5) is 4.39 Å². The number of nitrogens with zero attached hydrogens (tertiary/aromatic N) is 1. The number of aromatic nitrogens is 1. The summed E-state index contributed by atoms with van der Waals surface area (Å²) in [5.41, 5.74) is 7.43. The molecule has 0 bridgehead atoms. The van der Waals surface area contributed by atoms with Crippen LogP contribution in [-0.4, -0.2) is 11.0 Å². The van der Waals surface area contributed by atoms with Crippen LogP contribution in [0.5, 0.6) is 5.75 Å². The van der Waals surface area contributed by atoms with Gasteiger partial charge in [-0.25, -0.2) is 9.37 Å².